The molecule has 1 aromatic heterocycles. The standard InChI is InChI=1S/C25H20F3NO6S/c1-33-17-6-9-21(23(13-17)34-2)29-36(31,32)18-7-3-15(4-8-18)11-16-5-10-22-19(12-16)20(25(26,27)28)14-24(30)35-22/h3-10,12-14,29H,11H2,1-2H3. The van der Waals surface area contributed by atoms with Gasteiger partial charge in [0.15, 0.2) is 0 Å². The van der Waals surface area contributed by atoms with Crippen molar-refractivity contribution in [2.75, 3.05) is 18.9 Å². The van der Waals surface area contributed by atoms with Gasteiger partial charge >= 0.3 is 11.8 Å². The Morgan fingerprint density at radius 2 is 1.58 bits per heavy atom. The SMILES string of the molecule is COc1ccc(NS(=O)(=O)c2ccc(Cc3ccc4oc(=O)cc(C(F)(F)F)c4c3)cc2)c(OC)c1. The molecule has 0 aliphatic heterocycles. The molecular weight excluding hydrogens is 499 g/mol. The van der Waals surface area contributed by atoms with Gasteiger partial charge in [0.25, 0.3) is 10.0 Å². The highest BCUT2D eigenvalue weighted by Gasteiger charge is 2.33. The highest BCUT2D eigenvalue weighted by molar-refractivity contribution is 7.92. The maximum absolute atomic E-state index is 13.4. The number of methoxy groups -OCH3 is 2. The maximum Gasteiger partial charge on any atom is 0.417 e. The Kier molecular flexibility index (Phi) is 6.68. The molecule has 0 aliphatic carbocycles. The van der Waals surface area contributed by atoms with E-state index in [0.29, 0.717) is 22.9 Å². The molecule has 36 heavy (non-hydrogen) atoms. The smallest absolute Gasteiger partial charge is 0.417 e. The molecule has 0 unspecified atom stereocenters. The molecule has 0 aliphatic rings. The maximum atomic E-state index is 13.4. The van der Waals surface area contributed by atoms with E-state index in [1.54, 1.807) is 30.3 Å². The average molecular weight is 519 g/mol. The normalized spacial score (nSPS) is 11.9. The summed E-state index contributed by atoms with van der Waals surface area (Å²) in [4.78, 5) is 11.5. The van der Waals surface area contributed by atoms with Crippen molar-refractivity contribution >= 4 is 26.7 Å². The number of hydrogen-bond acceptors (Lipinski definition) is 6. The summed E-state index contributed by atoms with van der Waals surface area (Å²) >= 11 is 0. The topological polar surface area (TPSA) is 94.8 Å². The zero-order valence-corrected chi connectivity index (χ0v) is 19.9. The fraction of sp³-hybridized carbons (Fsp3) is 0.160. The molecule has 0 fully saturated rings. The van der Waals surface area contributed by atoms with Crippen molar-refractivity contribution in [1.29, 1.82) is 0 Å². The largest absolute Gasteiger partial charge is 0.497 e. The van der Waals surface area contributed by atoms with Crippen molar-refractivity contribution in [3.05, 3.63) is 93.8 Å². The molecule has 4 rings (SSSR count). The first-order chi connectivity index (χ1) is 17.0. The van der Waals surface area contributed by atoms with Crippen molar-refractivity contribution in [1.82, 2.24) is 0 Å². The zero-order chi connectivity index (χ0) is 26.1. The first-order valence-electron chi connectivity index (χ1n) is 10.5. The molecule has 0 radical (unpaired) electrons. The van der Waals surface area contributed by atoms with Gasteiger partial charge in [-0.2, -0.15) is 13.2 Å². The van der Waals surface area contributed by atoms with Gasteiger partial charge in [0.05, 0.1) is 30.4 Å². The van der Waals surface area contributed by atoms with Crippen LogP contribution >= 0.6 is 0 Å². The van der Waals surface area contributed by atoms with Crippen LogP contribution < -0.4 is 19.8 Å². The third-order valence-corrected chi connectivity index (χ3v) is 6.79. The molecule has 188 valence electrons. The van der Waals surface area contributed by atoms with Crippen molar-refractivity contribution in [2.45, 2.75) is 17.5 Å². The Balaban J connectivity index is 1.58. The van der Waals surface area contributed by atoms with Crippen molar-refractivity contribution in [3.63, 3.8) is 0 Å². The molecule has 0 saturated heterocycles. The Bertz CT molecular complexity index is 1580. The van der Waals surface area contributed by atoms with E-state index < -0.39 is 27.4 Å². The Labute approximate surface area is 204 Å². The lowest BCUT2D eigenvalue weighted by Crippen LogP contribution is -2.13. The third kappa shape index (κ3) is 5.30. The fourth-order valence-corrected chi connectivity index (χ4v) is 4.73. The summed E-state index contributed by atoms with van der Waals surface area (Å²) in [6.07, 6.45) is -4.49. The first kappa shape index (κ1) is 25.1. The molecule has 1 N–H and O–H groups in total. The predicted octanol–water partition coefficient (Wildman–Crippen LogP) is 5.22. The number of fused-ring (bicyclic) bond motifs is 1. The molecule has 0 spiro atoms. The van der Waals surface area contributed by atoms with Gasteiger partial charge in [-0.1, -0.05) is 18.2 Å². The molecule has 4 aromatic rings. The van der Waals surface area contributed by atoms with Gasteiger partial charge in [0.1, 0.15) is 17.1 Å². The minimum absolute atomic E-state index is 0.0104. The number of benzene rings is 3. The van der Waals surface area contributed by atoms with E-state index in [0.717, 1.165) is 0 Å². The van der Waals surface area contributed by atoms with Gasteiger partial charge in [0, 0.05) is 17.5 Å². The lowest BCUT2D eigenvalue weighted by molar-refractivity contribution is -0.136. The number of ether oxygens (including phenoxy) is 2. The van der Waals surface area contributed by atoms with Crippen molar-refractivity contribution in [3.8, 4) is 11.5 Å². The highest BCUT2D eigenvalue weighted by Crippen LogP contribution is 2.34. The van der Waals surface area contributed by atoms with E-state index >= 15 is 0 Å². The summed E-state index contributed by atoms with van der Waals surface area (Å²) in [5, 5.41) is -0.226. The van der Waals surface area contributed by atoms with Crippen LogP contribution in [0.3, 0.4) is 0 Å². The molecular formula is C25H20F3NO6S. The van der Waals surface area contributed by atoms with Crippen LogP contribution in [0, 0.1) is 0 Å². The molecule has 1 heterocycles. The van der Waals surface area contributed by atoms with Gasteiger partial charge in [-0.25, -0.2) is 13.2 Å². The van der Waals surface area contributed by atoms with Crippen LogP contribution in [0.5, 0.6) is 11.5 Å². The Morgan fingerprint density at radius 1 is 0.889 bits per heavy atom. The van der Waals surface area contributed by atoms with Gasteiger partial charge in [-0.3, -0.25) is 4.72 Å². The molecule has 0 saturated carbocycles. The van der Waals surface area contributed by atoms with Crippen LogP contribution in [0.4, 0.5) is 18.9 Å². The number of anilines is 1. The third-order valence-electron chi connectivity index (χ3n) is 5.41. The van der Waals surface area contributed by atoms with Gasteiger partial charge in [-0.15, -0.1) is 0 Å². The Morgan fingerprint density at radius 3 is 2.22 bits per heavy atom. The van der Waals surface area contributed by atoms with Crippen LogP contribution in [-0.2, 0) is 22.6 Å². The summed E-state index contributed by atoms with van der Waals surface area (Å²) in [7, 11) is -1.07. The summed E-state index contributed by atoms with van der Waals surface area (Å²) in [5.41, 5.74) is -0.900. The quantitative estimate of drug-likeness (QED) is 0.337. The van der Waals surface area contributed by atoms with Crippen molar-refractivity contribution in [2.24, 2.45) is 0 Å². The molecule has 0 atom stereocenters. The fourth-order valence-electron chi connectivity index (χ4n) is 3.66. The minimum atomic E-state index is -4.72. The van der Waals surface area contributed by atoms with E-state index in [9.17, 15) is 26.4 Å². The van der Waals surface area contributed by atoms with E-state index in [4.69, 9.17) is 13.9 Å². The number of halogens is 3. The number of alkyl halides is 3. The molecule has 3 aromatic carbocycles. The minimum Gasteiger partial charge on any atom is -0.497 e. The molecule has 11 heteroatoms. The van der Waals surface area contributed by atoms with Crippen LogP contribution in [0.1, 0.15) is 16.7 Å². The van der Waals surface area contributed by atoms with E-state index in [-0.39, 0.29) is 33.7 Å². The second kappa shape index (κ2) is 9.57. The number of sulfonamides is 1. The summed E-state index contributed by atoms with van der Waals surface area (Å²) in [6.45, 7) is 0. The summed E-state index contributed by atoms with van der Waals surface area (Å²) in [6, 6.07) is 15.2. The van der Waals surface area contributed by atoms with Crippen LogP contribution in [0.15, 0.2) is 80.8 Å². The highest BCUT2D eigenvalue weighted by atomic mass is 32.2. The second-order valence-electron chi connectivity index (χ2n) is 7.80. The van der Waals surface area contributed by atoms with Crippen LogP contribution in [0.2, 0.25) is 0 Å². The van der Waals surface area contributed by atoms with Crippen LogP contribution in [-0.4, -0.2) is 22.6 Å². The van der Waals surface area contributed by atoms with E-state index in [2.05, 4.69) is 4.72 Å². The number of rotatable bonds is 7. The first-order valence-corrected chi connectivity index (χ1v) is 12.0. The monoisotopic (exact) mass is 519 g/mol. The zero-order valence-electron chi connectivity index (χ0n) is 19.0. The van der Waals surface area contributed by atoms with E-state index in [1.165, 1.54) is 44.6 Å². The van der Waals surface area contributed by atoms with Gasteiger partial charge in [-0.05, 0) is 53.9 Å². The lowest BCUT2D eigenvalue weighted by Gasteiger charge is -2.13. The molecule has 0 amide bonds. The van der Waals surface area contributed by atoms with E-state index in [1.807, 2.05) is 0 Å². The molecule has 7 nitrogen and oxygen atoms in total. The van der Waals surface area contributed by atoms with Crippen molar-refractivity contribution < 1.29 is 35.5 Å². The Hall–Kier alpha value is -3.99. The number of nitrogens with one attached hydrogen (secondary N) is 1. The summed E-state index contributed by atoms with van der Waals surface area (Å²) < 4.78 is 83.6. The van der Waals surface area contributed by atoms with Crippen LogP contribution in [0.25, 0.3) is 11.0 Å². The lowest BCUT2D eigenvalue weighted by atomic mass is 10.0. The molecule has 0 bridgehead atoms. The predicted molar refractivity (Wildman–Crippen MR) is 127 cm³/mol. The number of hydrogen-bond donors (Lipinski definition) is 1. The summed E-state index contributed by atoms with van der Waals surface area (Å²) in [5.74, 6) is 0.775. The van der Waals surface area contributed by atoms with Gasteiger partial charge in [0.2, 0.25) is 0 Å². The second-order valence-corrected chi connectivity index (χ2v) is 9.48. The van der Waals surface area contributed by atoms with Gasteiger partial charge < -0.3 is 13.9 Å². The average Bonchev–Trinajstić information content (AvgIpc) is 2.83.